The van der Waals surface area contributed by atoms with Gasteiger partial charge in [0.15, 0.2) is 0 Å². The van der Waals surface area contributed by atoms with Crippen LogP contribution in [0.25, 0.3) is 53.2 Å². The molecular weight excluding hydrogens is 743 g/mol. The van der Waals surface area contributed by atoms with Crippen molar-refractivity contribution in [1.29, 1.82) is 0 Å². The van der Waals surface area contributed by atoms with Crippen LogP contribution in [0.1, 0.15) is 0 Å². The minimum absolute atomic E-state index is 0.915. The highest BCUT2D eigenvalue weighted by Gasteiger charge is 2.33. The van der Waals surface area contributed by atoms with Gasteiger partial charge in [-0.3, -0.25) is 0 Å². The molecule has 0 aliphatic rings. The molecule has 0 spiro atoms. The van der Waals surface area contributed by atoms with Gasteiger partial charge in [-0.1, -0.05) is 121 Å². The molecule has 58 heavy (non-hydrogen) atoms. The molecule has 0 amide bonds. The number of hydrogen-bond acceptors (Lipinski definition) is 3. The van der Waals surface area contributed by atoms with E-state index in [2.05, 4.69) is 223 Å². The molecule has 2 nitrogen and oxygen atoms in total. The van der Waals surface area contributed by atoms with Crippen LogP contribution in [0.3, 0.4) is 0 Å². The van der Waals surface area contributed by atoms with Crippen molar-refractivity contribution in [1.82, 2.24) is 0 Å². The third-order valence-electron chi connectivity index (χ3n) is 11.2. The Kier molecular flexibility index (Phi) is 8.46. The van der Waals surface area contributed by atoms with E-state index in [4.69, 9.17) is 4.42 Å². The molecule has 0 aliphatic carbocycles. The van der Waals surface area contributed by atoms with Gasteiger partial charge in [0, 0.05) is 61.9 Å². The first kappa shape index (κ1) is 34.4. The Morgan fingerprint density at radius 1 is 0.362 bits per heavy atom. The van der Waals surface area contributed by atoms with E-state index >= 15 is 0 Å². The van der Waals surface area contributed by atoms with E-state index < -0.39 is 10.0 Å². The fourth-order valence-corrected chi connectivity index (χ4v) is 13.6. The Bertz CT molecular complexity index is 3100. The third-order valence-corrected chi connectivity index (χ3v) is 16.2. The van der Waals surface area contributed by atoms with Crippen LogP contribution in [-0.2, 0) is 0 Å². The van der Waals surface area contributed by atoms with Crippen LogP contribution in [0.4, 0.5) is 17.1 Å². The Hall–Kier alpha value is -6.85. The SMILES string of the molecule is c1ccc(N(c2ccc(-c3ccc(S(c4ccccc4)(c4ccccc4)c4ccccc4)cc3)cc2)c2cccc3sc4ccc5c6ccccc6oc5c4c23)cc1. The predicted octanol–water partition coefficient (Wildman–Crippen LogP) is 16.4. The molecule has 11 rings (SSSR count). The van der Waals surface area contributed by atoms with Gasteiger partial charge in [-0.05, 0) is 114 Å². The van der Waals surface area contributed by atoms with Gasteiger partial charge >= 0.3 is 0 Å². The largest absolute Gasteiger partial charge is 0.455 e. The molecule has 0 atom stereocenters. The van der Waals surface area contributed by atoms with Crippen LogP contribution >= 0.6 is 21.4 Å². The molecule has 0 bridgehead atoms. The van der Waals surface area contributed by atoms with Crippen molar-refractivity contribution in [3.8, 4) is 11.1 Å². The smallest absolute Gasteiger partial charge is 0.144 e. The van der Waals surface area contributed by atoms with E-state index in [1.54, 1.807) is 0 Å². The number of para-hydroxylation sites is 2. The fourth-order valence-electron chi connectivity index (χ4n) is 8.60. The normalized spacial score (nSPS) is 12.1. The van der Waals surface area contributed by atoms with E-state index in [1.807, 2.05) is 17.4 Å². The van der Waals surface area contributed by atoms with Gasteiger partial charge in [0.05, 0.1) is 5.69 Å². The van der Waals surface area contributed by atoms with Crippen molar-refractivity contribution in [3.63, 3.8) is 0 Å². The maximum Gasteiger partial charge on any atom is 0.144 e. The van der Waals surface area contributed by atoms with Crippen LogP contribution in [0.15, 0.2) is 248 Å². The van der Waals surface area contributed by atoms with Crippen LogP contribution in [0.2, 0.25) is 0 Å². The third kappa shape index (κ3) is 5.56. The van der Waals surface area contributed by atoms with Gasteiger partial charge in [-0.15, -0.1) is 21.4 Å². The highest BCUT2D eigenvalue weighted by atomic mass is 32.3. The second-order valence-electron chi connectivity index (χ2n) is 14.5. The molecule has 276 valence electrons. The molecule has 0 N–H and O–H groups in total. The van der Waals surface area contributed by atoms with E-state index in [0.29, 0.717) is 0 Å². The number of thiophene rings is 1. The lowest BCUT2D eigenvalue weighted by atomic mass is 10.0. The lowest BCUT2D eigenvalue weighted by Gasteiger charge is -2.42. The highest BCUT2D eigenvalue weighted by molar-refractivity contribution is 8.34. The van der Waals surface area contributed by atoms with Crippen molar-refractivity contribution in [2.75, 3.05) is 4.90 Å². The van der Waals surface area contributed by atoms with E-state index in [1.165, 1.54) is 50.9 Å². The Labute approximate surface area is 343 Å². The number of fused-ring (bicyclic) bond motifs is 7. The van der Waals surface area contributed by atoms with Gasteiger partial charge in [0.2, 0.25) is 0 Å². The number of anilines is 3. The minimum Gasteiger partial charge on any atom is -0.455 e. The van der Waals surface area contributed by atoms with Gasteiger partial charge in [-0.2, -0.15) is 0 Å². The summed E-state index contributed by atoms with van der Waals surface area (Å²) in [6, 6.07) is 81.6. The first-order chi connectivity index (χ1) is 28.8. The summed E-state index contributed by atoms with van der Waals surface area (Å²) in [6.45, 7) is 0. The van der Waals surface area contributed by atoms with Crippen LogP contribution in [0.5, 0.6) is 0 Å². The zero-order valence-corrected chi connectivity index (χ0v) is 33.2. The second kappa shape index (κ2) is 14.3. The van der Waals surface area contributed by atoms with Crippen molar-refractivity contribution >= 4 is 80.5 Å². The van der Waals surface area contributed by atoms with E-state index in [0.717, 1.165) is 39.0 Å². The molecular formula is C54H37NOS2. The topological polar surface area (TPSA) is 16.4 Å². The summed E-state index contributed by atoms with van der Waals surface area (Å²) in [6.07, 6.45) is 0. The minimum atomic E-state index is -1.75. The first-order valence-electron chi connectivity index (χ1n) is 19.6. The maximum absolute atomic E-state index is 6.64. The predicted molar refractivity (Wildman–Crippen MR) is 247 cm³/mol. The summed E-state index contributed by atoms with van der Waals surface area (Å²) >= 11 is 1.82. The average Bonchev–Trinajstić information content (AvgIpc) is 3.88. The quantitative estimate of drug-likeness (QED) is 0.153. The van der Waals surface area contributed by atoms with Gasteiger partial charge in [0.25, 0.3) is 0 Å². The maximum atomic E-state index is 6.64. The molecule has 2 heterocycles. The number of rotatable bonds is 8. The summed E-state index contributed by atoms with van der Waals surface area (Å²) in [5.41, 5.74) is 7.54. The van der Waals surface area contributed by atoms with Gasteiger partial charge < -0.3 is 9.32 Å². The lowest BCUT2D eigenvalue weighted by molar-refractivity contribution is 0.673. The van der Waals surface area contributed by atoms with Gasteiger partial charge in [0.1, 0.15) is 11.2 Å². The molecule has 0 unspecified atom stereocenters. The monoisotopic (exact) mass is 779 g/mol. The van der Waals surface area contributed by atoms with Crippen LogP contribution < -0.4 is 4.90 Å². The molecule has 9 aromatic carbocycles. The Balaban J connectivity index is 1.03. The molecule has 0 radical (unpaired) electrons. The molecule has 0 fully saturated rings. The molecule has 4 heteroatoms. The number of furan rings is 1. The lowest BCUT2D eigenvalue weighted by Crippen LogP contribution is -2.10. The molecule has 11 aromatic rings. The average molecular weight is 780 g/mol. The van der Waals surface area contributed by atoms with Crippen molar-refractivity contribution in [3.05, 3.63) is 224 Å². The van der Waals surface area contributed by atoms with Crippen molar-refractivity contribution in [2.45, 2.75) is 19.6 Å². The number of nitrogens with zero attached hydrogens (tertiary/aromatic N) is 1. The number of hydrogen-bond donors (Lipinski definition) is 0. The highest BCUT2D eigenvalue weighted by Crippen LogP contribution is 2.73. The standard InChI is InChI=1S/C54H37NOS2/c1-5-16-40(17-6-1)55(48-25-15-27-50-52(48)53-51(57-50)37-36-47-46-24-13-14-26-49(46)56-54(47)53)41-32-28-38(29-33-41)39-30-34-45(35-31-39)58(42-18-7-2-8-19-42,43-20-9-3-10-21-43)44-22-11-4-12-23-44/h1-37H. The Morgan fingerprint density at radius 3 is 1.48 bits per heavy atom. The molecule has 0 aliphatic heterocycles. The van der Waals surface area contributed by atoms with E-state index in [9.17, 15) is 0 Å². The zero-order chi connectivity index (χ0) is 38.5. The summed E-state index contributed by atoms with van der Waals surface area (Å²) in [4.78, 5) is 7.65. The van der Waals surface area contributed by atoms with Crippen molar-refractivity contribution in [2.24, 2.45) is 0 Å². The fraction of sp³-hybridized carbons (Fsp3) is 0. The van der Waals surface area contributed by atoms with Crippen LogP contribution in [-0.4, -0.2) is 0 Å². The second-order valence-corrected chi connectivity index (χ2v) is 18.7. The summed E-state index contributed by atoms with van der Waals surface area (Å²) in [5.74, 6) is 0. The Morgan fingerprint density at radius 2 is 0.862 bits per heavy atom. The van der Waals surface area contributed by atoms with E-state index in [-0.39, 0.29) is 0 Å². The number of benzene rings is 9. The summed E-state index contributed by atoms with van der Waals surface area (Å²) in [5, 5.41) is 4.67. The molecule has 2 aromatic heterocycles. The summed E-state index contributed by atoms with van der Waals surface area (Å²) in [7, 11) is -1.75. The molecule has 0 saturated carbocycles. The summed E-state index contributed by atoms with van der Waals surface area (Å²) < 4.78 is 9.09. The van der Waals surface area contributed by atoms with Crippen LogP contribution in [0, 0.1) is 0 Å². The first-order valence-corrected chi connectivity index (χ1v) is 22.0. The van der Waals surface area contributed by atoms with Gasteiger partial charge in [-0.25, -0.2) is 0 Å². The zero-order valence-electron chi connectivity index (χ0n) is 31.5. The van der Waals surface area contributed by atoms with Crippen molar-refractivity contribution < 1.29 is 4.42 Å². The molecule has 0 saturated heterocycles.